The maximum Gasteiger partial charge on any atom is 0.341 e. The van der Waals surface area contributed by atoms with Crippen LogP contribution in [-0.2, 0) is 13.1 Å². The van der Waals surface area contributed by atoms with Gasteiger partial charge in [-0.1, -0.05) is 19.3 Å². The number of aromatic carboxylic acids is 1. The molecule has 16 nitrogen and oxygen atoms in total. The second-order valence-electron chi connectivity index (χ2n) is 15.7. The number of benzene rings is 2. The van der Waals surface area contributed by atoms with E-state index < -0.39 is 41.9 Å². The van der Waals surface area contributed by atoms with Gasteiger partial charge in [0.1, 0.15) is 36.4 Å². The lowest BCUT2D eigenvalue weighted by Crippen LogP contribution is -2.51. The number of amidine groups is 1. The second-order valence-corrected chi connectivity index (χ2v) is 15.7. The molecule has 20 heteroatoms. The summed E-state index contributed by atoms with van der Waals surface area (Å²) in [6.45, 7) is 2.29. The van der Waals surface area contributed by atoms with Crippen molar-refractivity contribution in [2.75, 3.05) is 82.1 Å². The lowest BCUT2D eigenvalue weighted by molar-refractivity contribution is 0.0694. The Balaban J connectivity index is 0.869. The Labute approximate surface area is 361 Å². The molecule has 0 spiro atoms. The summed E-state index contributed by atoms with van der Waals surface area (Å²) in [5.74, 6) is -2.11. The van der Waals surface area contributed by atoms with E-state index in [1.165, 1.54) is 29.0 Å². The van der Waals surface area contributed by atoms with Gasteiger partial charge in [0.25, 0.3) is 0 Å². The zero-order valence-corrected chi connectivity index (χ0v) is 35.1. The number of carboxylic acid groups (broad SMARTS) is 1. The van der Waals surface area contributed by atoms with Crippen LogP contribution in [0.1, 0.15) is 55.3 Å². The zero-order chi connectivity index (χ0) is 45.2. The Morgan fingerprint density at radius 3 is 1.92 bits per heavy atom. The molecule has 2 aliphatic rings. The Kier molecular flexibility index (Phi) is 15.4. The number of carbonyl (C=O) groups is 1. The van der Waals surface area contributed by atoms with Crippen LogP contribution in [0.15, 0.2) is 62.3 Å². The zero-order valence-electron chi connectivity index (χ0n) is 35.1. The van der Waals surface area contributed by atoms with Crippen molar-refractivity contribution in [1.82, 2.24) is 18.9 Å². The SMILES string of the molecule is N=C(CCCCCCCN=C(N)N=C(N)N1CCN(c2cc3c(cc2F)c(=O)c(C(=O)O)cn3CCF)CC1)CC(=N)N1CCN(c2cc3c(cc2F)c(=O)ccn3CCF)CC1. The number of aryl methyl sites for hydroxylation is 2. The highest BCUT2D eigenvalue weighted by Gasteiger charge is 2.25. The van der Waals surface area contributed by atoms with Gasteiger partial charge in [0.05, 0.1) is 35.5 Å². The molecule has 0 aliphatic carbocycles. The highest BCUT2D eigenvalue weighted by atomic mass is 19.1. The largest absolute Gasteiger partial charge is 0.477 e. The molecule has 0 radical (unpaired) electrons. The molecule has 0 atom stereocenters. The molecular weight excluding hydrogens is 825 g/mol. The Morgan fingerprint density at radius 1 is 0.746 bits per heavy atom. The van der Waals surface area contributed by atoms with E-state index in [1.807, 2.05) is 9.80 Å². The van der Waals surface area contributed by atoms with Gasteiger partial charge in [-0.3, -0.25) is 20.0 Å². The van der Waals surface area contributed by atoms with E-state index in [0.717, 1.165) is 44.4 Å². The maximum absolute atomic E-state index is 15.3. The average molecular weight is 879 g/mol. The predicted molar refractivity (Wildman–Crippen MR) is 239 cm³/mol. The van der Waals surface area contributed by atoms with E-state index >= 15 is 8.78 Å². The normalized spacial score (nSPS) is 15.2. The first-order chi connectivity index (χ1) is 30.3. The Hall–Kier alpha value is -6.47. The summed E-state index contributed by atoms with van der Waals surface area (Å²) in [5, 5.41) is 26.5. The lowest BCUT2D eigenvalue weighted by Gasteiger charge is -2.37. The molecule has 0 unspecified atom stereocenters. The highest BCUT2D eigenvalue weighted by molar-refractivity contribution is 6.01. The first-order valence-electron chi connectivity index (χ1n) is 21.1. The molecule has 2 saturated heterocycles. The Morgan fingerprint density at radius 2 is 1.30 bits per heavy atom. The number of hydrogen-bond acceptors (Lipinski definition) is 8. The fraction of sp³-hybridized carbons (Fsp3) is 0.465. The number of halogens is 4. The number of alkyl halides is 2. The number of aliphatic imine (C=N–C) groups is 2. The number of nitrogens with zero attached hydrogens (tertiary/aromatic N) is 8. The van der Waals surface area contributed by atoms with Gasteiger partial charge in [-0.25, -0.2) is 22.4 Å². The van der Waals surface area contributed by atoms with E-state index in [1.54, 1.807) is 20.4 Å². The van der Waals surface area contributed by atoms with E-state index in [9.17, 15) is 28.3 Å². The molecule has 2 fully saturated rings. The van der Waals surface area contributed by atoms with Crippen LogP contribution in [0.5, 0.6) is 0 Å². The van der Waals surface area contributed by atoms with Crippen LogP contribution < -0.4 is 32.1 Å². The Bertz CT molecular complexity index is 2510. The number of nitrogens with two attached hydrogens (primary N) is 2. The quantitative estimate of drug-likeness (QED) is 0.0432. The van der Waals surface area contributed by atoms with Crippen LogP contribution in [0.4, 0.5) is 28.9 Å². The topological polar surface area (TPSA) is 219 Å². The molecule has 4 aromatic rings. The summed E-state index contributed by atoms with van der Waals surface area (Å²) in [6, 6.07) is 6.58. The number of rotatable bonds is 17. The first kappa shape index (κ1) is 46.0. The molecule has 6 rings (SSSR count). The smallest absolute Gasteiger partial charge is 0.341 e. The summed E-state index contributed by atoms with van der Waals surface area (Å²) < 4.78 is 59.8. The summed E-state index contributed by atoms with van der Waals surface area (Å²) in [4.78, 5) is 52.5. The van der Waals surface area contributed by atoms with Crippen LogP contribution in [0.2, 0.25) is 0 Å². The number of nitrogens with one attached hydrogen (secondary N) is 2. The molecule has 0 amide bonds. The van der Waals surface area contributed by atoms with Crippen molar-refractivity contribution in [2.45, 2.75) is 58.0 Å². The minimum atomic E-state index is -1.47. The molecule has 63 heavy (non-hydrogen) atoms. The van der Waals surface area contributed by atoms with Crippen LogP contribution in [0, 0.1) is 22.5 Å². The van der Waals surface area contributed by atoms with Gasteiger partial charge >= 0.3 is 5.97 Å². The molecule has 0 bridgehead atoms. The molecule has 2 aliphatic heterocycles. The molecule has 2 aromatic carbocycles. The molecule has 0 saturated carbocycles. The third-order valence-corrected chi connectivity index (χ3v) is 11.5. The molecule has 7 N–H and O–H groups in total. The van der Waals surface area contributed by atoms with E-state index in [0.29, 0.717) is 88.1 Å². The van der Waals surface area contributed by atoms with Gasteiger partial charge in [-0.15, -0.1) is 0 Å². The van der Waals surface area contributed by atoms with Gasteiger partial charge in [-0.05, 0) is 43.5 Å². The predicted octanol–water partition coefficient (Wildman–Crippen LogP) is 4.53. The second kappa shape index (κ2) is 21.1. The summed E-state index contributed by atoms with van der Waals surface area (Å²) in [5.41, 5.74) is 12.3. The summed E-state index contributed by atoms with van der Waals surface area (Å²) in [7, 11) is 0. The van der Waals surface area contributed by atoms with E-state index in [-0.39, 0.29) is 58.8 Å². The van der Waals surface area contributed by atoms with Crippen molar-refractivity contribution in [3.8, 4) is 0 Å². The van der Waals surface area contributed by atoms with E-state index in [4.69, 9.17) is 22.3 Å². The average Bonchev–Trinajstić information content (AvgIpc) is 3.26. The highest BCUT2D eigenvalue weighted by Crippen LogP contribution is 2.28. The number of guanidine groups is 2. The minimum absolute atomic E-state index is 0.0435. The standard InChI is InChI=1S/C43H54F4N12O4/c44-8-12-54-11-7-38(60)29-23-32(46)36(25-34(29)54)55-14-18-57(19-15-55)39(49)22-28(48)6-4-2-1-3-5-10-52-42(50)53-43(51)58-20-16-56(17-21-58)37-26-35-30(24-33(37)47)40(61)31(41(62)63)27-59(35)13-9-45/h7,11,23-27,48-49H,1-6,8-10,12-22H2,(H,62,63)(H4,50,51,52,53). The number of unbranched alkanes of at least 4 members (excludes halogenated alkanes) is 4. The van der Waals surface area contributed by atoms with Gasteiger partial charge in [-0.2, -0.15) is 4.99 Å². The third kappa shape index (κ3) is 11.1. The minimum Gasteiger partial charge on any atom is -0.477 e. The van der Waals surface area contributed by atoms with E-state index in [2.05, 4.69) is 9.98 Å². The molecule has 338 valence electrons. The van der Waals surface area contributed by atoms with Crippen molar-refractivity contribution in [2.24, 2.45) is 21.5 Å². The van der Waals surface area contributed by atoms with Crippen molar-refractivity contribution >= 4 is 62.6 Å². The van der Waals surface area contributed by atoms with Crippen molar-refractivity contribution in [3.63, 3.8) is 0 Å². The van der Waals surface area contributed by atoms with Crippen molar-refractivity contribution in [3.05, 3.63) is 80.4 Å². The summed E-state index contributed by atoms with van der Waals surface area (Å²) >= 11 is 0. The van der Waals surface area contributed by atoms with Gasteiger partial charge in [0, 0.05) is 100 Å². The maximum atomic E-state index is 15.3. The molecule has 2 aromatic heterocycles. The third-order valence-electron chi connectivity index (χ3n) is 11.5. The van der Waals surface area contributed by atoms with Gasteiger partial charge in [0.15, 0.2) is 11.4 Å². The fourth-order valence-corrected chi connectivity index (χ4v) is 8.11. The fourth-order valence-electron chi connectivity index (χ4n) is 8.11. The summed E-state index contributed by atoms with van der Waals surface area (Å²) in [6.07, 6.45) is 7.84. The molecule has 4 heterocycles. The van der Waals surface area contributed by atoms with Crippen molar-refractivity contribution in [1.29, 1.82) is 10.8 Å². The van der Waals surface area contributed by atoms with Crippen LogP contribution in [-0.4, -0.2) is 126 Å². The number of pyridine rings is 2. The van der Waals surface area contributed by atoms with Crippen LogP contribution >= 0.6 is 0 Å². The van der Waals surface area contributed by atoms with Crippen LogP contribution in [0.25, 0.3) is 21.8 Å². The number of hydrogen-bond donors (Lipinski definition) is 5. The van der Waals surface area contributed by atoms with Gasteiger partial charge in [0.2, 0.25) is 11.4 Å². The monoisotopic (exact) mass is 878 g/mol. The number of carboxylic acids is 1. The lowest BCUT2D eigenvalue weighted by atomic mass is 10.1. The number of piperazine rings is 2. The number of anilines is 2. The number of fused-ring (bicyclic) bond motifs is 2. The van der Waals surface area contributed by atoms with Crippen LogP contribution in [0.3, 0.4) is 0 Å². The van der Waals surface area contributed by atoms with Crippen molar-refractivity contribution < 1.29 is 27.5 Å². The molecular formula is C43H54F4N12O4. The van der Waals surface area contributed by atoms with Gasteiger partial charge < -0.3 is 50.7 Å². The number of aromatic nitrogens is 2. The first-order valence-corrected chi connectivity index (χ1v) is 21.1.